The van der Waals surface area contributed by atoms with Crippen LogP contribution in [-0.4, -0.2) is 41.3 Å². The summed E-state index contributed by atoms with van der Waals surface area (Å²) in [6.07, 6.45) is 10.2. The van der Waals surface area contributed by atoms with Gasteiger partial charge in [0.05, 0.1) is 29.6 Å². The fourth-order valence-corrected chi connectivity index (χ4v) is 5.03. The lowest BCUT2D eigenvalue weighted by Crippen LogP contribution is -2.69. The van der Waals surface area contributed by atoms with E-state index in [0.717, 1.165) is 44.9 Å². The molecule has 4 aliphatic rings. The molecule has 4 heteroatoms. The lowest BCUT2D eigenvalue weighted by molar-refractivity contribution is 0.0723. The second-order valence-electron chi connectivity index (χ2n) is 7.97. The number of aliphatic imine (C=N–C) groups is 3. The molecule has 0 bridgehead atoms. The SMILES string of the molecule is CCC1=CC(C(C2CC(CC)=N2)(C2CC(CC)=N2)C2CC(CC)=N2)N1. The van der Waals surface area contributed by atoms with Crippen LogP contribution in [0, 0.1) is 5.41 Å². The van der Waals surface area contributed by atoms with Crippen LogP contribution in [-0.2, 0) is 0 Å². The molecule has 4 atom stereocenters. The minimum absolute atomic E-state index is 0.0503. The van der Waals surface area contributed by atoms with Crippen molar-refractivity contribution in [3.8, 4) is 0 Å². The van der Waals surface area contributed by atoms with Crippen LogP contribution in [0.15, 0.2) is 26.8 Å². The molecule has 25 heavy (non-hydrogen) atoms. The average molecular weight is 341 g/mol. The number of allylic oxidation sites excluding steroid dienone is 1. The molecule has 0 aliphatic carbocycles. The molecule has 0 amide bonds. The first kappa shape index (κ1) is 17.0. The monoisotopic (exact) mass is 340 g/mol. The van der Waals surface area contributed by atoms with Gasteiger partial charge < -0.3 is 5.32 Å². The second-order valence-corrected chi connectivity index (χ2v) is 7.97. The van der Waals surface area contributed by atoms with E-state index in [9.17, 15) is 0 Å². The van der Waals surface area contributed by atoms with Crippen molar-refractivity contribution in [3.63, 3.8) is 0 Å². The molecule has 0 aromatic carbocycles. The predicted molar refractivity (Wildman–Crippen MR) is 106 cm³/mol. The maximum atomic E-state index is 5.08. The predicted octanol–water partition coefficient (Wildman–Crippen LogP) is 4.11. The van der Waals surface area contributed by atoms with E-state index >= 15 is 0 Å². The van der Waals surface area contributed by atoms with E-state index in [0.29, 0.717) is 24.2 Å². The summed E-state index contributed by atoms with van der Waals surface area (Å²) >= 11 is 0. The van der Waals surface area contributed by atoms with E-state index in [4.69, 9.17) is 15.0 Å². The van der Waals surface area contributed by atoms with Crippen molar-refractivity contribution in [1.29, 1.82) is 0 Å². The zero-order chi connectivity index (χ0) is 17.6. The van der Waals surface area contributed by atoms with Crippen molar-refractivity contribution in [2.75, 3.05) is 0 Å². The molecular formula is C21H32N4. The number of rotatable bonds is 8. The maximum absolute atomic E-state index is 5.08. The van der Waals surface area contributed by atoms with Gasteiger partial charge in [0.15, 0.2) is 0 Å². The highest BCUT2D eigenvalue weighted by Crippen LogP contribution is 2.53. The third-order valence-electron chi connectivity index (χ3n) is 6.89. The van der Waals surface area contributed by atoms with Crippen LogP contribution >= 0.6 is 0 Å². The fourth-order valence-electron chi connectivity index (χ4n) is 5.03. The molecule has 0 aromatic heterocycles. The molecule has 1 N–H and O–H groups in total. The van der Waals surface area contributed by atoms with E-state index in [-0.39, 0.29) is 5.41 Å². The van der Waals surface area contributed by atoms with Crippen molar-refractivity contribution in [2.45, 2.75) is 96.8 Å². The van der Waals surface area contributed by atoms with E-state index in [1.165, 1.54) is 22.8 Å². The highest BCUT2D eigenvalue weighted by Gasteiger charge is 2.62. The Morgan fingerprint density at radius 1 is 0.800 bits per heavy atom. The lowest BCUT2D eigenvalue weighted by atomic mass is 9.55. The van der Waals surface area contributed by atoms with Gasteiger partial charge in [0.25, 0.3) is 0 Å². The highest BCUT2D eigenvalue weighted by molar-refractivity contribution is 5.93. The Bertz CT molecular complexity index is 552. The summed E-state index contributed by atoms with van der Waals surface area (Å²) in [5.41, 5.74) is 5.57. The summed E-state index contributed by atoms with van der Waals surface area (Å²) in [7, 11) is 0. The Hall–Kier alpha value is -1.45. The molecule has 4 aliphatic heterocycles. The van der Waals surface area contributed by atoms with Gasteiger partial charge in [0, 0.05) is 42.1 Å². The molecule has 0 spiro atoms. The molecule has 4 unspecified atom stereocenters. The van der Waals surface area contributed by atoms with Gasteiger partial charge in [-0.1, -0.05) is 27.7 Å². The van der Waals surface area contributed by atoms with Crippen molar-refractivity contribution in [2.24, 2.45) is 20.4 Å². The second kappa shape index (κ2) is 6.37. The van der Waals surface area contributed by atoms with Gasteiger partial charge >= 0.3 is 0 Å². The molecule has 4 rings (SSSR count). The van der Waals surface area contributed by atoms with Gasteiger partial charge in [-0.15, -0.1) is 0 Å². The summed E-state index contributed by atoms with van der Waals surface area (Å²) in [5, 5.41) is 3.77. The Labute approximate surface area is 152 Å². The summed E-state index contributed by atoms with van der Waals surface area (Å²) < 4.78 is 0. The van der Waals surface area contributed by atoms with Crippen LogP contribution in [0.3, 0.4) is 0 Å². The minimum Gasteiger partial charge on any atom is -0.381 e. The molecule has 0 radical (unpaired) electrons. The van der Waals surface area contributed by atoms with Crippen molar-refractivity contribution >= 4 is 17.1 Å². The van der Waals surface area contributed by atoms with Crippen molar-refractivity contribution < 1.29 is 0 Å². The molecule has 0 saturated carbocycles. The third-order valence-corrected chi connectivity index (χ3v) is 6.89. The summed E-state index contributed by atoms with van der Waals surface area (Å²) in [5.74, 6) is 0. The van der Waals surface area contributed by atoms with Gasteiger partial charge in [-0.25, -0.2) is 0 Å². The zero-order valence-electron chi connectivity index (χ0n) is 16.2. The molecule has 4 nitrogen and oxygen atoms in total. The van der Waals surface area contributed by atoms with Gasteiger partial charge in [-0.3, -0.25) is 15.0 Å². The van der Waals surface area contributed by atoms with Crippen LogP contribution in [0.25, 0.3) is 0 Å². The molecule has 0 fully saturated rings. The van der Waals surface area contributed by atoms with Gasteiger partial charge in [0.1, 0.15) is 0 Å². The number of hydrogen-bond acceptors (Lipinski definition) is 4. The van der Waals surface area contributed by atoms with Crippen LogP contribution in [0.1, 0.15) is 72.6 Å². The zero-order valence-corrected chi connectivity index (χ0v) is 16.2. The topological polar surface area (TPSA) is 49.1 Å². The van der Waals surface area contributed by atoms with E-state index < -0.39 is 0 Å². The van der Waals surface area contributed by atoms with Gasteiger partial charge in [-0.05, 0) is 31.8 Å². The average Bonchev–Trinajstić information content (AvgIpc) is 2.42. The Morgan fingerprint density at radius 2 is 1.16 bits per heavy atom. The summed E-state index contributed by atoms with van der Waals surface area (Å²) in [4.78, 5) is 15.2. The van der Waals surface area contributed by atoms with Crippen LogP contribution in [0.4, 0.5) is 0 Å². The van der Waals surface area contributed by atoms with E-state index in [2.05, 4.69) is 39.1 Å². The van der Waals surface area contributed by atoms with Crippen LogP contribution < -0.4 is 5.32 Å². The van der Waals surface area contributed by atoms with E-state index in [1.807, 2.05) is 0 Å². The smallest absolute Gasteiger partial charge is 0.0671 e. The Balaban J connectivity index is 1.71. The molecule has 0 aromatic rings. The highest BCUT2D eigenvalue weighted by atomic mass is 15.1. The van der Waals surface area contributed by atoms with Crippen molar-refractivity contribution in [3.05, 3.63) is 11.8 Å². The Morgan fingerprint density at radius 3 is 1.44 bits per heavy atom. The van der Waals surface area contributed by atoms with Crippen molar-refractivity contribution in [1.82, 2.24) is 5.32 Å². The van der Waals surface area contributed by atoms with Crippen LogP contribution in [0.2, 0.25) is 0 Å². The molecule has 0 saturated heterocycles. The standard InChI is InChI=1S/C21H32N4/c1-5-13-9-17(22-13)21(18-10-14(6-2)23-18,19-11-15(7-3)24-19)20-12-16(8-4)25-20/h9,17-20,22H,5-8,10-12H2,1-4H3. The number of hydrogen-bond donors (Lipinski definition) is 1. The first-order valence-corrected chi connectivity index (χ1v) is 10.3. The van der Waals surface area contributed by atoms with Gasteiger partial charge in [-0.2, -0.15) is 0 Å². The van der Waals surface area contributed by atoms with Gasteiger partial charge in [0.2, 0.25) is 0 Å². The normalized spacial score (nSPS) is 35.4. The first-order chi connectivity index (χ1) is 12.1. The summed E-state index contributed by atoms with van der Waals surface area (Å²) in [6.45, 7) is 8.89. The lowest BCUT2D eigenvalue weighted by Gasteiger charge is -2.59. The quantitative estimate of drug-likeness (QED) is 0.710. The number of nitrogens with zero attached hydrogens (tertiary/aromatic N) is 3. The molecule has 136 valence electrons. The van der Waals surface area contributed by atoms with E-state index in [1.54, 1.807) is 0 Å². The Kier molecular flexibility index (Phi) is 4.33. The first-order valence-electron chi connectivity index (χ1n) is 10.3. The largest absolute Gasteiger partial charge is 0.381 e. The number of nitrogens with one attached hydrogen (secondary N) is 1. The molecular weight excluding hydrogens is 308 g/mol. The maximum Gasteiger partial charge on any atom is 0.0671 e. The fraction of sp³-hybridized carbons (Fsp3) is 0.762. The van der Waals surface area contributed by atoms with Crippen LogP contribution in [0.5, 0.6) is 0 Å². The summed E-state index contributed by atoms with van der Waals surface area (Å²) in [6, 6.07) is 1.53. The molecule has 4 heterocycles. The third kappa shape index (κ3) is 2.43. The minimum atomic E-state index is 0.0503.